The number of carbonyl (C=O) groups excluding carboxylic acids is 1. The van der Waals surface area contributed by atoms with Crippen molar-refractivity contribution < 1.29 is 14.7 Å². The van der Waals surface area contributed by atoms with Gasteiger partial charge in [0.1, 0.15) is 4.88 Å². The van der Waals surface area contributed by atoms with Gasteiger partial charge < -0.3 is 10.4 Å². The number of halogens is 2. The number of nitrogens with one attached hydrogen (secondary N) is 1. The molecule has 0 bridgehead atoms. The zero-order valence-corrected chi connectivity index (χ0v) is 12.5. The van der Waals surface area contributed by atoms with E-state index >= 15 is 0 Å². The molecule has 4 nitrogen and oxygen atoms in total. The van der Waals surface area contributed by atoms with Crippen LogP contribution in [0.1, 0.15) is 19.3 Å². The molecule has 2 N–H and O–H groups in total. The topological polar surface area (TPSA) is 66.4 Å². The molecule has 2 aromatic rings. The van der Waals surface area contributed by atoms with E-state index in [0.29, 0.717) is 20.1 Å². The second kappa shape index (κ2) is 5.73. The van der Waals surface area contributed by atoms with Crippen LogP contribution in [0.15, 0.2) is 34.8 Å². The molecule has 19 heavy (non-hydrogen) atoms. The van der Waals surface area contributed by atoms with Gasteiger partial charge in [-0.05, 0) is 46.3 Å². The molecule has 0 saturated carbocycles. The van der Waals surface area contributed by atoms with Crippen molar-refractivity contribution >= 4 is 56.4 Å². The fourth-order valence-electron chi connectivity index (χ4n) is 1.34. The summed E-state index contributed by atoms with van der Waals surface area (Å²) in [7, 11) is 0. The second-order valence-corrected chi connectivity index (χ2v) is 5.90. The summed E-state index contributed by atoms with van der Waals surface area (Å²) in [6, 6.07) is 7.87. The van der Waals surface area contributed by atoms with Crippen LogP contribution in [0, 0.1) is 0 Å². The Balaban J connectivity index is 2.15. The molecule has 0 fully saturated rings. The maximum atomic E-state index is 11.9. The number of hydrogen-bond acceptors (Lipinski definition) is 3. The molecule has 2 rings (SSSR count). The quantitative estimate of drug-likeness (QED) is 0.865. The molecule has 0 radical (unpaired) electrons. The number of benzene rings is 1. The Bertz CT molecular complexity index is 656. The standard InChI is InChI=1S/C12H7BrClNO3S/c13-7-5-6(1-2-8(7)14)15-11(16)9-3-4-10(19-9)12(17)18/h1-5H,(H,15,16)(H,17,18). The van der Waals surface area contributed by atoms with Crippen molar-refractivity contribution in [2.45, 2.75) is 0 Å². The average Bonchev–Trinajstić information content (AvgIpc) is 2.83. The summed E-state index contributed by atoms with van der Waals surface area (Å²) >= 11 is 10.0. The van der Waals surface area contributed by atoms with Crippen LogP contribution in [-0.2, 0) is 0 Å². The molecule has 1 aromatic heterocycles. The van der Waals surface area contributed by atoms with Crippen molar-refractivity contribution in [3.05, 3.63) is 49.6 Å². The van der Waals surface area contributed by atoms with Gasteiger partial charge in [-0.15, -0.1) is 11.3 Å². The molecule has 0 saturated heterocycles. The predicted molar refractivity (Wildman–Crippen MR) is 78.4 cm³/mol. The van der Waals surface area contributed by atoms with E-state index in [1.807, 2.05) is 0 Å². The maximum absolute atomic E-state index is 11.9. The van der Waals surface area contributed by atoms with E-state index < -0.39 is 5.97 Å². The summed E-state index contributed by atoms with van der Waals surface area (Å²) in [6.07, 6.45) is 0. The average molecular weight is 361 g/mol. The lowest BCUT2D eigenvalue weighted by Gasteiger charge is -2.04. The lowest BCUT2D eigenvalue weighted by molar-refractivity contribution is 0.0702. The highest BCUT2D eigenvalue weighted by Crippen LogP contribution is 2.26. The van der Waals surface area contributed by atoms with Crippen LogP contribution < -0.4 is 5.32 Å². The van der Waals surface area contributed by atoms with E-state index in [4.69, 9.17) is 16.7 Å². The van der Waals surface area contributed by atoms with E-state index in [1.54, 1.807) is 18.2 Å². The highest BCUT2D eigenvalue weighted by molar-refractivity contribution is 9.10. The third-order valence-corrected chi connectivity index (χ3v) is 4.50. The number of thiophene rings is 1. The molecule has 0 atom stereocenters. The minimum Gasteiger partial charge on any atom is -0.477 e. The number of anilines is 1. The van der Waals surface area contributed by atoms with Crippen LogP contribution in [0.4, 0.5) is 5.69 Å². The SMILES string of the molecule is O=C(O)c1ccc(C(=O)Nc2ccc(Cl)c(Br)c2)s1. The van der Waals surface area contributed by atoms with E-state index in [9.17, 15) is 9.59 Å². The molecule has 1 aromatic carbocycles. The van der Waals surface area contributed by atoms with Gasteiger partial charge in [-0.2, -0.15) is 0 Å². The lowest BCUT2D eigenvalue weighted by Crippen LogP contribution is -2.09. The van der Waals surface area contributed by atoms with E-state index in [2.05, 4.69) is 21.2 Å². The zero-order chi connectivity index (χ0) is 14.0. The van der Waals surface area contributed by atoms with Crippen LogP contribution in [0.5, 0.6) is 0 Å². The van der Waals surface area contributed by atoms with Gasteiger partial charge in [0.2, 0.25) is 0 Å². The smallest absolute Gasteiger partial charge is 0.345 e. The van der Waals surface area contributed by atoms with E-state index in [-0.39, 0.29) is 10.8 Å². The Hall–Kier alpha value is -1.37. The van der Waals surface area contributed by atoms with E-state index in [1.165, 1.54) is 12.1 Å². The van der Waals surface area contributed by atoms with Gasteiger partial charge in [-0.25, -0.2) is 4.79 Å². The van der Waals surface area contributed by atoms with Crippen molar-refractivity contribution in [3.63, 3.8) is 0 Å². The van der Waals surface area contributed by atoms with Gasteiger partial charge in [-0.3, -0.25) is 4.79 Å². The minimum absolute atomic E-state index is 0.127. The van der Waals surface area contributed by atoms with Gasteiger partial charge in [0, 0.05) is 10.2 Å². The summed E-state index contributed by atoms with van der Waals surface area (Å²) in [5.41, 5.74) is 0.576. The van der Waals surface area contributed by atoms with Crippen molar-refractivity contribution in [3.8, 4) is 0 Å². The van der Waals surface area contributed by atoms with Gasteiger partial charge in [-0.1, -0.05) is 11.6 Å². The normalized spacial score (nSPS) is 10.2. The number of carboxylic acids is 1. The van der Waals surface area contributed by atoms with Crippen molar-refractivity contribution in [1.82, 2.24) is 0 Å². The number of hydrogen-bond donors (Lipinski definition) is 2. The maximum Gasteiger partial charge on any atom is 0.345 e. The molecular weight excluding hydrogens is 354 g/mol. The third-order valence-electron chi connectivity index (χ3n) is 2.22. The number of amides is 1. The molecule has 0 unspecified atom stereocenters. The molecule has 0 aliphatic carbocycles. The number of carboxylic acid groups (broad SMARTS) is 1. The Morgan fingerprint density at radius 2 is 1.89 bits per heavy atom. The second-order valence-electron chi connectivity index (χ2n) is 3.55. The highest BCUT2D eigenvalue weighted by atomic mass is 79.9. The van der Waals surface area contributed by atoms with Gasteiger partial charge in [0.25, 0.3) is 5.91 Å². The summed E-state index contributed by atoms with van der Waals surface area (Å²) in [6.45, 7) is 0. The monoisotopic (exact) mass is 359 g/mol. The van der Waals surface area contributed by atoms with Crippen LogP contribution in [0.3, 0.4) is 0 Å². The molecule has 1 heterocycles. The molecule has 0 aliphatic rings. The lowest BCUT2D eigenvalue weighted by atomic mass is 10.3. The number of aromatic carboxylic acids is 1. The fraction of sp³-hybridized carbons (Fsp3) is 0. The first-order valence-electron chi connectivity index (χ1n) is 5.07. The van der Waals surface area contributed by atoms with E-state index in [0.717, 1.165) is 11.3 Å². The summed E-state index contributed by atoms with van der Waals surface area (Å²) < 4.78 is 0.671. The predicted octanol–water partition coefficient (Wildman–Crippen LogP) is 4.11. The van der Waals surface area contributed by atoms with Crippen LogP contribution in [-0.4, -0.2) is 17.0 Å². The zero-order valence-electron chi connectivity index (χ0n) is 9.31. The van der Waals surface area contributed by atoms with Gasteiger partial charge in [0.05, 0.1) is 9.90 Å². The first kappa shape index (κ1) is 14.0. The minimum atomic E-state index is -1.04. The Morgan fingerprint density at radius 1 is 1.21 bits per heavy atom. The molecule has 1 amide bonds. The van der Waals surface area contributed by atoms with Crippen molar-refractivity contribution in [2.75, 3.05) is 5.32 Å². The summed E-state index contributed by atoms with van der Waals surface area (Å²) in [5, 5.41) is 12.0. The first-order valence-corrected chi connectivity index (χ1v) is 7.05. The summed E-state index contributed by atoms with van der Waals surface area (Å²) in [5.74, 6) is -1.40. The van der Waals surface area contributed by atoms with Gasteiger partial charge in [0.15, 0.2) is 0 Å². The molecule has 7 heteroatoms. The van der Waals surface area contributed by atoms with Crippen molar-refractivity contribution in [1.29, 1.82) is 0 Å². The first-order chi connectivity index (χ1) is 8.97. The fourth-order valence-corrected chi connectivity index (χ4v) is 2.58. The third kappa shape index (κ3) is 3.34. The van der Waals surface area contributed by atoms with Crippen molar-refractivity contribution in [2.24, 2.45) is 0 Å². The summed E-state index contributed by atoms with van der Waals surface area (Å²) in [4.78, 5) is 23.1. The van der Waals surface area contributed by atoms with Crippen LogP contribution in [0.2, 0.25) is 5.02 Å². The molecule has 98 valence electrons. The molecule has 0 aliphatic heterocycles. The molecule has 0 spiro atoms. The highest BCUT2D eigenvalue weighted by Gasteiger charge is 2.13. The number of rotatable bonds is 3. The van der Waals surface area contributed by atoms with Crippen LogP contribution in [0.25, 0.3) is 0 Å². The Morgan fingerprint density at radius 3 is 2.47 bits per heavy atom. The van der Waals surface area contributed by atoms with Gasteiger partial charge >= 0.3 is 5.97 Å². The van der Waals surface area contributed by atoms with Crippen LogP contribution >= 0.6 is 38.9 Å². The molecular formula is C12H7BrClNO3S. The Labute approximate surface area is 126 Å². The largest absolute Gasteiger partial charge is 0.477 e. The number of carbonyl (C=O) groups is 2. The Kier molecular flexibility index (Phi) is 4.24.